The first-order valence-electron chi connectivity index (χ1n) is 11.1. The Balaban J connectivity index is 1.41. The number of hydrogen-bond donors (Lipinski definition) is 1. The summed E-state index contributed by atoms with van der Waals surface area (Å²) in [6.45, 7) is 7.05. The van der Waals surface area contributed by atoms with E-state index >= 15 is 0 Å². The Kier molecular flexibility index (Phi) is 7.23. The van der Waals surface area contributed by atoms with E-state index in [-0.39, 0.29) is 10.8 Å². The van der Waals surface area contributed by atoms with E-state index in [1.807, 2.05) is 6.07 Å². The standard InChI is InChI=1S/C24H28N4O3S2/c1-3-28(4-2)33(30,31)20-12-10-19(11-13-20)23(29)26-24-25-21-14-15-27(17-22(21)32-24)16-18-8-6-5-7-9-18/h5-13H,3-4,14-17H2,1-2H3,(H,25,26,29). The predicted octanol–water partition coefficient (Wildman–Crippen LogP) is 3.98. The summed E-state index contributed by atoms with van der Waals surface area (Å²) in [5, 5.41) is 3.45. The summed E-state index contributed by atoms with van der Waals surface area (Å²) >= 11 is 1.50. The number of fused-ring (bicyclic) bond motifs is 1. The largest absolute Gasteiger partial charge is 0.298 e. The third kappa shape index (κ3) is 5.33. The highest BCUT2D eigenvalue weighted by Gasteiger charge is 2.23. The third-order valence-corrected chi connectivity index (χ3v) is 8.80. The zero-order valence-corrected chi connectivity index (χ0v) is 20.5. The van der Waals surface area contributed by atoms with Gasteiger partial charge in [-0.1, -0.05) is 44.2 Å². The minimum Gasteiger partial charge on any atom is -0.298 e. The lowest BCUT2D eigenvalue weighted by atomic mass is 10.1. The molecule has 4 rings (SSSR count). The summed E-state index contributed by atoms with van der Waals surface area (Å²) in [5.41, 5.74) is 2.72. The number of nitrogens with one attached hydrogen (secondary N) is 1. The summed E-state index contributed by atoms with van der Waals surface area (Å²) in [6.07, 6.45) is 0.854. The minimum absolute atomic E-state index is 0.186. The van der Waals surface area contributed by atoms with Gasteiger partial charge in [0.2, 0.25) is 10.0 Å². The molecule has 0 spiro atoms. The second-order valence-electron chi connectivity index (χ2n) is 7.90. The molecule has 2 aromatic carbocycles. The van der Waals surface area contributed by atoms with Crippen molar-refractivity contribution in [1.29, 1.82) is 0 Å². The average Bonchev–Trinajstić information content (AvgIpc) is 3.22. The number of hydrogen-bond acceptors (Lipinski definition) is 6. The summed E-state index contributed by atoms with van der Waals surface area (Å²) in [4.78, 5) is 21.1. The van der Waals surface area contributed by atoms with Crippen molar-refractivity contribution in [2.24, 2.45) is 0 Å². The molecular weight excluding hydrogens is 456 g/mol. The van der Waals surface area contributed by atoms with Gasteiger partial charge in [-0.3, -0.25) is 15.0 Å². The van der Waals surface area contributed by atoms with Gasteiger partial charge in [0.25, 0.3) is 5.91 Å². The third-order valence-electron chi connectivity index (χ3n) is 5.74. The highest BCUT2D eigenvalue weighted by Crippen LogP contribution is 2.29. The molecule has 3 aromatic rings. The topological polar surface area (TPSA) is 82.6 Å². The van der Waals surface area contributed by atoms with E-state index < -0.39 is 10.0 Å². The van der Waals surface area contributed by atoms with Crippen molar-refractivity contribution in [3.63, 3.8) is 0 Å². The van der Waals surface area contributed by atoms with E-state index in [9.17, 15) is 13.2 Å². The molecule has 1 aliphatic rings. The summed E-state index contributed by atoms with van der Waals surface area (Å²) in [5.74, 6) is -0.297. The molecule has 0 saturated heterocycles. The number of carbonyl (C=O) groups is 1. The van der Waals surface area contributed by atoms with Crippen LogP contribution in [0.1, 0.15) is 40.3 Å². The Morgan fingerprint density at radius 1 is 1.09 bits per heavy atom. The van der Waals surface area contributed by atoms with Crippen LogP contribution in [-0.4, -0.2) is 48.1 Å². The minimum atomic E-state index is -3.55. The summed E-state index contributed by atoms with van der Waals surface area (Å²) < 4.78 is 26.7. The summed E-state index contributed by atoms with van der Waals surface area (Å²) in [6, 6.07) is 16.4. The predicted molar refractivity (Wildman–Crippen MR) is 131 cm³/mol. The van der Waals surface area contributed by atoms with Crippen LogP contribution in [0.2, 0.25) is 0 Å². The van der Waals surface area contributed by atoms with Crippen LogP contribution in [0.4, 0.5) is 5.13 Å². The zero-order valence-electron chi connectivity index (χ0n) is 18.8. The fourth-order valence-corrected chi connectivity index (χ4v) is 6.44. The Hall–Kier alpha value is -2.59. The Morgan fingerprint density at radius 3 is 2.45 bits per heavy atom. The molecule has 33 heavy (non-hydrogen) atoms. The first kappa shape index (κ1) is 23.6. The average molecular weight is 485 g/mol. The SMILES string of the molecule is CCN(CC)S(=O)(=O)c1ccc(C(=O)Nc2nc3c(s2)CN(Cc2ccccc2)CC3)cc1. The molecule has 9 heteroatoms. The van der Waals surface area contributed by atoms with Crippen LogP contribution in [0.3, 0.4) is 0 Å². The van der Waals surface area contributed by atoms with Gasteiger partial charge in [0, 0.05) is 49.6 Å². The van der Waals surface area contributed by atoms with Crippen molar-refractivity contribution in [2.45, 2.75) is 38.3 Å². The number of carbonyl (C=O) groups excluding carboxylic acids is 1. The van der Waals surface area contributed by atoms with E-state index in [4.69, 9.17) is 0 Å². The maximum atomic E-state index is 12.7. The fraction of sp³-hybridized carbons (Fsp3) is 0.333. The molecule has 0 radical (unpaired) electrons. The van der Waals surface area contributed by atoms with Gasteiger partial charge in [-0.25, -0.2) is 13.4 Å². The van der Waals surface area contributed by atoms with Crippen molar-refractivity contribution in [1.82, 2.24) is 14.2 Å². The second-order valence-corrected chi connectivity index (χ2v) is 10.9. The fourth-order valence-electron chi connectivity index (χ4n) is 3.94. The van der Waals surface area contributed by atoms with Crippen LogP contribution < -0.4 is 5.32 Å². The highest BCUT2D eigenvalue weighted by atomic mass is 32.2. The van der Waals surface area contributed by atoms with Gasteiger partial charge in [-0.05, 0) is 29.8 Å². The maximum absolute atomic E-state index is 12.7. The quantitative estimate of drug-likeness (QED) is 0.523. The van der Waals surface area contributed by atoms with Crippen molar-refractivity contribution in [3.05, 3.63) is 76.3 Å². The summed E-state index contributed by atoms with van der Waals surface area (Å²) in [7, 11) is -3.55. The number of sulfonamides is 1. The van der Waals surface area contributed by atoms with Crippen molar-refractivity contribution < 1.29 is 13.2 Å². The molecule has 0 saturated carbocycles. The molecule has 0 bridgehead atoms. The molecule has 0 fully saturated rings. The van der Waals surface area contributed by atoms with Crippen LogP contribution >= 0.6 is 11.3 Å². The number of aromatic nitrogens is 1. The van der Waals surface area contributed by atoms with Gasteiger partial charge in [0.1, 0.15) is 0 Å². The molecule has 1 aliphatic heterocycles. The van der Waals surface area contributed by atoms with Gasteiger partial charge in [0.15, 0.2) is 5.13 Å². The van der Waals surface area contributed by atoms with Gasteiger partial charge in [-0.15, -0.1) is 11.3 Å². The zero-order chi connectivity index (χ0) is 23.4. The smallest absolute Gasteiger partial charge is 0.257 e. The van der Waals surface area contributed by atoms with E-state index in [0.29, 0.717) is 23.8 Å². The van der Waals surface area contributed by atoms with E-state index in [2.05, 4.69) is 39.5 Å². The molecule has 1 N–H and O–H groups in total. The number of rotatable bonds is 8. The second kappa shape index (κ2) is 10.1. The van der Waals surface area contributed by atoms with Crippen molar-refractivity contribution in [3.8, 4) is 0 Å². The van der Waals surface area contributed by atoms with Crippen molar-refractivity contribution in [2.75, 3.05) is 25.0 Å². The van der Waals surface area contributed by atoms with Crippen LogP contribution in [0.15, 0.2) is 59.5 Å². The molecule has 0 aliphatic carbocycles. The maximum Gasteiger partial charge on any atom is 0.257 e. The van der Waals surface area contributed by atoms with Crippen LogP contribution in [0, 0.1) is 0 Å². The molecule has 1 amide bonds. The Bertz CT molecular complexity index is 1200. The lowest BCUT2D eigenvalue weighted by Crippen LogP contribution is -2.30. The number of nitrogens with zero attached hydrogens (tertiary/aromatic N) is 3. The van der Waals surface area contributed by atoms with Gasteiger partial charge in [-0.2, -0.15) is 4.31 Å². The van der Waals surface area contributed by atoms with Gasteiger partial charge >= 0.3 is 0 Å². The molecule has 174 valence electrons. The lowest BCUT2D eigenvalue weighted by Gasteiger charge is -2.25. The van der Waals surface area contributed by atoms with E-state index in [0.717, 1.165) is 31.7 Å². The Labute approximate surface area is 199 Å². The van der Waals surface area contributed by atoms with Crippen LogP contribution in [-0.2, 0) is 29.5 Å². The normalized spacial score (nSPS) is 14.3. The molecular formula is C24H28N4O3S2. The molecule has 1 aromatic heterocycles. The lowest BCUT2D eigenvalue weighted by molar-refractivity contribution is 0.102. The van der Waals surface area contributed by atoms with Gasteiger partial charge in [0.05, 0.1) is 10.6 Å². The monoisotopic (exact) mass is 484 g/mol. The number of thiazole rings is 1. The Morgan fingerprint density at radius 2 is 1.79 bits per heavy atom. The molecule has 0 atom stereocenters. The molecule has 7 nitrogen and oxygen atoms in total. The first-order chi connectivity index (χ1) is 15.9. The van der Waals surface area contributed by atoms with Crippen LogP contribution in [0.25, 0.3) is 0 Å². The van der Waals surface area contributed by atoms with Crippen LogP contribution in [0.5, 0.6) is 0 Å². The number of benzene rings is 2. The van der Waals surface area contributed by atoms with E-state index in [1.54, 1.807) is 26.0 Å². The van der Waals surface area contributed by atoms with E-state index in [1.165, 1.54) is 38.2 Å². The highest BCUT2D eigenvalue weighted by molar-refractivity contribution is 7.89. The first-order valence-corrected chi connectivity index (χ1v) is 13.3. The van der Waals surface area contributed by atoms with Crippen molar-refractivity contribution >= 4 is 32.4 Å². The number of amides is 1. The molecule has 2 heterocycles. The van der Waals surface area contributed by atoms with Gasteiger partial charge < -0.3 is 0 Å². The molecule has 0 unspecified atom stereocenters. The number of anilines is 1.